The van der Waals surface area contributed by atoms with Crippen LogP contribution in [0, 0.1) is 5.92 Å². The molecule has 1 saturated heterocycles. The van der Waals surface area contributed by atoms with Crippen molar-refractivity contribution in [1.29, 1.82) is 0 Å². The van der Waals surface area contributed by atoms with E-state index in [9.17, 15) is 13.2 Å². The molecule has 0 aromatic carbocycles. The van der Waals surface area contributed by atoms with Crippen LogP contribution in [0.25, 0.3) is 0 Å². The SMILES string of the molecule is O=C(CCc1ccco1)N1CCC[C@H](CNS(=O)(=O)c2cccs2)C1. The maximum absolute atomic E-state index is 12.4. The summed E-state index contributed by atoms with van der Waals surface area (Å²) in [5.74, 6) is 1.06. The van der Waals surface area contributed by atoms with Crippen LogP contribution in [0.4, 0.5) is 0 Å². The predicted octanol–water partition coefficient (Wildman–Crippen LogP) is 2.49. The summed E-state index contributed by atoms with van der Waals surface area (Å²) in [6.45, 7) is 1.71. The molecule has 0 unspecified atom stereocenters. The average Bonchev–Trinajstić information content (AvgIpc) is 3.32. The molecule has 3 heterocycles. The predicted molar refractivity (Wildman–Crippen MR) is 95.8 cm³/mol. The van der Waals surface area contributed by atoms with Crippen molar-refractivity contribution in [2.24, 2.45) is 5.92 Å². The van der Waals surface area contributed by atoms with Gasteiger partial charge in [0, 0.05) is 32.5 Å². The first kappa shape index (κ1) is 18.2. The van der Waals surface area contributed by atoms with Crippen LogP contribution in [-0.4, -0.2) is 38.9 Å². The van der Waals surface area contributed by atoms with E-state index in [1.54, 1.807) is 23.8 Å². The van der Waals surface area contributed by atoms with Crippen LogP contribution in [0.1, 0.15) is 25.0 Å². The van der Waals surface area contributed by atoms with Gasteiger partial charge in [0.05, 0.1) is 6.26 Å². The smallest absolute Gasteiger partial charge is 0.250 e. The van der Waals surface area contributed by atoms with E-state index < -0.39 is 10.0 Å². The highest BCUT2D eigenvalue weighted by molar-refractivity contribution is 7.91. The van der Waals surface area contributed by atoms with Crippen LogP contribution < -0.4 is 4.72 Å². The van der Waals surface area contributed by atoms with Crippen molar-refractivity contribution in [2.45, 2.75) is 29.9 Å². The summed E-state index contributed by atoms with van der Waals surface area (Å²) >= 11 is 1.20. The minimum Gasteiger partial charge on any atom is -0.469 e. The number of hydrogen-bond acceptors (Lipinski definition) is 5. The molecule has 2 aromatic heterocycles. The molecule has 1 amide bonds. The topological polar surface area (TPSA) is 79.6 Å². The Morgan fingerprint density at radius 1 is 1.36 bits per heavy atom. The zero-order chi connectivity index (χ0) is 17.7. The molecular weight excluding hydrogens is 360 g/mol. The normalized spacial score (nSPS) is 18.4. The van der Waals surface area contributed by atoms with Crippen LogP contribution in [0.15, 0.2) is 44.5 Å². The highest BCUT2D eigenvalue weighted by Gasteiger charge is 2.25. The fourth-order valence-electron chi connectivity index (χ4n) is 3.02. The van der Waals surface area contributed by atoms with E-state index in [1.807, 2.05) is 17.0 Å². The zero-order valence-electron chi connectivity index (χ0n) is 13.9. The average molecular weight is 383 g/mol. The van der Waals surface area contributed by atoms with Gasteiger partial charge < -0.3 is 9.32 Å². The molecule has 1 N–H and O–H groups in total. The molecule has 0 saturated carbocycles. The number of hydrogen-bond donors (Lipinski definition) is 1. The Morgan fingerprint density at radius 2 is 2.24 bits per heavy atom. The van der Waals surface area contributed by atoms with E-state index >= 15 is 0 Å². The number of piperidine rings is 1. The monoisotopic (exact) mass is 382 g/mol. The Bertz CT molecular complexity index is 770. The lowest BCUT2D eigenvalue weighted by atomic mass is 9.98. The number of likely N-dealkylation sites (tertiary alicyclic amines) is 1. The third-order valence-corrected chi connectivity index (χ3v) is 7.18. The number of aryl methyl sites for hydroxylation is 1. The number of sulfonamides is 1. The number of nitrogens with zero attached hydrogens (tertiary/aromatic N) is 1. The number of amides is 1. The van der Waals surface area contributed by atoms with Crippen LogP contribution in [0.3, 0.4) is 0 Å². The number of carbonyl (C=O) groups excluding carboxylic acids is 1. The van der Waals surface area contributed by atoms with Crippen LogP contribution in [0.5, 0.6) is 0 Å². The lowest BCUT2D eigenvalue weighted by Gasteiger charge is -2.32. The van der Waals surface area contributed by atoms with E-state index in [4.69, 9.17) is 4.42 Å². The Kier molecular flexibility index (Phi) is 5.93. The number of nitrogens with one attached hydrogen (secondary N) is 1. The fraction of sp³-hybridized carbons (Fsp3) is 0.471. The molecule has 8 heteroatoms. The highest BCUT2D eigenvalue weighted by Crippen LogP contribution is 2.20. The van der Waals surface area contributed by atoms with Gasteiger partial charge in [-0.15, -0.1) is 11.3 Å². The van der Waals surface area contributed by atoms with Gasteiger partial charge in [0.2, 0.25) is 15.9 Å². The zero-order valence-corrected chi connectivity index (χ0v) is 15.5. The van der Waals surface area contributed by atoms with E-state index in [-0.39, 0.29) is 11.8 Å². The largest absolute Gasteiger partial charge is 0.469 e. The summed E-state index contributed by atoms with van der Waals surface area (Å²) in [6, 6.07) is 7.00. The third-order valence-electron chi connectivity index (χ3n) is 4.36. The molecule has 3 rings (SSSR count). The second-order valence-corrected chi connectivity index (χ2v) is 9.15. The van der Waals surface area contributed by atoms with Gasteiger partial charge in [-0.2, -0.15) is 0 Å². The first-order chi connectivity index (χ1) is 12.0. The summed E-state index contributed by atoms with van der Waals surface area (Å²) in [7, 11) is -3.44. The van der Waals surface area contributed by atoms with Crippen molar-refractivity contribution >= 4 is 27.3 Å². The van der Waals surface area contributed by atoms with Gasteiger partial charge in [-0.3, -0.25) is 4.79 Å². The maximum atomic E-state index is 12.4. The molecule has 1 aliphatic heterocycles. The summed E-state index contributed by atoms with van der Waals surface area (Å²) < 4.78 is 32.6. The number of furan rings is 1. The fourth-order valence-corrected chi connectivity index (χ4v) is 5.17. The van der Waals surface area contributed by atoms with Crippen molar-refractivity contribution in [1.82, 2.24) is 9.62 Å². The van der Waals surface area contributed by atoms with E-state index in [2.05, 4.69) is 4.72 Å². The quantitative estimate of drug-likeness (QED) is 0.798. The molecule has 136 valence electrons. The van der Waals surface area contributed by atoms with Crippen molar-refractivity contribution in [3.63, 3.8) is 0 Å². The molecule has 0 spiro atoms. The van der Waals surface area contributed by atoms with Gasteiger partial charge >= 0.3 is 0 Å². The molecule has 1 atom stereocenters. The standard InChI is InChI=1S/C17H22N2O4S2/c20-16(8-7-15-5-2-10-23-15)19-9-1-4-14(13-19)12-18-25(21,22)17-6-3-11-24-17/h2-3,5-6,10-11,14,18H,1,4,7-9,12-13H2/t14-/m1/s1. The first-order valence-electron chi connectivity index (χ1n) is 8.38. The highest BCUT2D eigenvalue weighted by atomic mass is 32.2. The molecule has 0 bridgehead atoms. The van der Waals surface area contributed by atoms with Crippen molar-refractivity contribution in [2.75, 3.05) is 19.6 Å². The molecule has 2 aromatic rings. The number of carbonyl (C=O) groups is 1. The first-order valence-corrected chi connectivity index (χ1v) is 10.7. The summed E-state index contributed by atoms with van der Waals surface area (Å²) in [5, 5.41) is 1.74. The van der Waals surface area contributed by atoms with Crippen LogP contribution in [-0.2, 0) is 21.2 Å². The summed E-state index contributed by atoms with van der Waals surface area (Å²) in [5.41, 5.74) is 0. The van der Waals surface area contributed by atoms with Gasteiger partial charge in [0.25, 0.3) is 0 Å². The van der Waals surface area contributed by atoms with Gasteiger partial charge in [-0.25, -0.2) is 13.1 Å². The molecule has 1 fully saturated rings. The van der Waals surface area contributed by atoms with Crippen LogP contribution >= 0.6 is 11.3 Å². The van der Waals surface area contributed by atoms with Gasteiger partial charge in [-0.05, 0) is 42.3 Å². The molecular formula is C17H22N2O4S2. The molecule has 25 heavy (non-hydrogen) atoms. The van der Waals surface area contributed by atoms with Crippen LogP contribution in [0.2, 0.25) is 0 Å². The Morgan fingerprint density at radius 3 is 2.96 bits per heavy atom. The summed E-state index contributed by atoms with van der Waals surface area (Å²) in [6.07, 6.45) is 4.45. The number of thiophene rings is 1. The number of rotatable bonds is 7. The van der Waals surface area contributed by atoms with Crippen molar-refractivity contribution in [3.05, 3.63) is 41.7 Å². The minimum atomic E-state index is -3.44. The molecule has 0 radical (unpaired) electrons. The third kappa shape index (κ3) is 4.93. The second-order valence-electron chi connectivity index (χ2n) is 6.21. The van der Waals surface area contributed by atoms with Gasteiger partial charge in [0.1, 0.15) is 9.97 Å². The molecule has 1 aliphatic rings. The second kappa shape index (κ2) is 8.16. The molecule has 0 aliphatic carbocycles. The van der Waals surface area contributed by atoms with E-state index in [0.29, 0.717) is 30.1 Å². The maximum Gasteiger partial charge on any atom is 0.250 e. The van der Waals surface area contributed by atoms with Crippen molar-refractivity contribution in [3.8, 4) is 0 Å². The summed E-state index contributed by atoms with van der Waals surface area (Å²) in [4.78, 5) is 14.2. The minimum absolute atomic E-state index is 0.0993. The Balaban J connectivity index is 1.48. The lowest BCUT2D eigenvalue weighted by molar-refractivity contribution is -0.133. The molecule has 6 nitrogen and oxygen atoms in total. The lowest BCUT2D eigenvalue weighted by Crippen LogP contribution is -2.43. The van der Waals surface area contributed by atoms with Gasteiger partial charge in [-0.1, -0.05) is 6.07 Å². The van der Waals surface area contributed by atoms with Gasteiger partial charge in [0.15, 0.2) is 0 Å². The van der Waals surface area contributed by atoms with Crippen molar-refractivity contribution < 1.29 is 17.6 Å². The Hall–Kier alpha value is -1.64. The van der Waals surface area contributed by atoms with E-state index in [1.165, 1.54) is 11.3 Å². The van der Waals surface area contributed by atoms with E-state index in [0.717, 1.165) is 25.1 Å². The Labute approximate surface area is 151 Å².